The number of ether oxygens (including phenoxy) is 1. The lowest BCUT2D eigenvalue weighted by Crippen LogP contribution is -2.44. The summed E-state index contributed by atoms with van der Waals surface area (Å²) in [6.45, 7) is 5.18. The summed E-state index contributed by atoms with van der Waals surface area (Å²) in [4.78, 5) is 23.0. The van der Waals surface area contributed by atoms with Gasteiger partial charge in [-0.2, -0.15) is 0 Å². The molecule has 1 rings (SSSR count). The first-order valence-electron chi connectivity index (χ1n) is 5.43. The molecule has 18 heavy (non-hydrogen) atoms. The number of amides is 2. The third kappa shape index (κ3) is 4.32. The summed E-state index contributed by atoms with van der Waals surface area (Å²) in [6, 6.07) is 6.55. The highest BCUT2D eigenvalue weighted by Crippen LogP contribution is 2.09. The van der Waals surface area contributed by atoms with Gasteiger partial charge in [0, 0.05) is 5.69 Å². The van der Waals surface area contributed by atoms with Gasteiger partial charge in [0.25, 0.3) is 5.91 Å². The van der Waals surface area contributed by atoms with Gasteiger partial charge in [0.2, 0.25) is 0 Å². The average molecular weight is 251 g/mol. The van der Waals surface area contributed by atoms with E-state index in [2.05, 4.69) is 10.9 Å². The molecule has 0 atom stereocenters. The number of para-hydroxylation sites is 1. The SMILES string of the molecule is CC(C)(C)OC(=O)NNC(=O)c1ccccc1N. The van der Waals surface area contributed by atoms with Gasteiger partial charge < -0.3 is 10.5 Å². The fraction of sp³-hybridized carbons (Fsp3) is 0.333. The van der Waals surface area contributed by atoms with Gasteiger partial charge in [0.15, 0.2) is 0 Å². The predicted molar refractivity (Wildman–Crippen MR) is 67.7 cm³/mol. The van der Waals surface area contributed by atoms with Gasteiger partial charge in [-0.05, 0) is 32.9 Å². The molecule has 0 unspecified atom stereocenters. The number of hydrogen-bond acceptors (Lipinski definition) is 4. The van der Waals surface area contributed by atoms with Crippen molar-refractivity contribution in [1.82, 2.24) is 10.9 Å². The maximum atomic E-state index is 11.7. The maximum Gasteiger partial charge on any atom is 0.426 e. The van der Waals surface area contributed by atoms with Crippen molar-refractivity contribution in [3.8, 4) is 0 Å². The molecule has 6 nitrogen and oxygen atoms in total. The third-order valence-corrected chi connectivity index (χ3v) is 1.88. The van der Waals surface area contributed by atoms with E-state index in [1.165, 1.54) is 0 Å². The van der Waals surface area contributed by atoms with Crippen molar-refractivity contribution in [3.63, 3.8) is 0 Å². The van der Waals surface area contributed by atoms with Gasteiger partial charge in [0.05, 0.1) is 5.56 Å². The number of hydrazine groups is 1. The molecule has 0 radical (unpaired) electrons. The van der Waals surface area contributed by atoms with Crippen LogP contribution in [0.2, 0.25) is 0 Å². The Hall–Kier alpha value is -2.24. The summed E-state index contributed by atoms with van der Waals surface area (Å²) in [5.41, 5.74) is 9.99. The smallest absolute Gasteiger partial charge is 0.426 e. The van der Waals surface area contributed by atoms with E-state index in [4.69, 9.17) is 10.5 Å². The molecule has 0 saturated carbocycles. The lowest BCUT2D eigenvalue weighted by atomic mass is 10.2. The predicted octanol–water partition coefficient (Wildman–Crippen LogP) is 1.44. The van der Waals surface area contributed by atoms with Gasteiger partial charge >= 0.3 is 6.09 Å². The molecule has 6 heteroatoms. The van der Waals surface area contributed by atoms with Crippen LogP contribution in [0.25, 0.3) is 0 Å². The van der Waals surface area contributed by atoms with Crippen molar-refractivity contribution in [2.45, 2.75) is 26.4 Å². The number of nitrogen functional groups attached to an aromatic ring is 1. The third-order valence-electron chi connectivity index (χ3n) is 1.88. The standard InChI is InChI=1S/C12H17N3O3/c1-12(2,3)18-11(17)15-14-10(16)8-6-4-5-7-9(8)13/h4-7H,13H2,1-3H3,(H,14,16)(H,15,17). The first-order chi connectivity index (χ1) is 8.29. The molecule has 1 aromatic carbocycles. The van der Waals surface area contributed by atoms with Crippen molar-refractivity contribution in [1.29, 1.82) is 0 Å². The molecular formula is C12H17N3O3. The van der Waals surface area contributed by atoms with E-state index < -0.39 is 17.6 Å². The number of carbonyl (C=O) groups is 2. The Morgan fingerprint density at radius 2 is 1.78 bits per heavy atom. The number of carbonyl (C=O) groups excluding carboxylic acids is 2. The van der Waals surface area contributed by atoms with Crippen LogP contribution >= 0.6 is 0 Å². The second-order valence-corrected chi connectivity index (χ2v) is 4.67. The fourth-order valence-electron chi connectivity index (χ4n) is 1.18. The lowest BCUT2D eigenvalue weighted by molar-refractivity contribution is 0.0483. The molecule has 0 fully saturated rings. The minimum Gasteiger partial charge on any atom is -0.443 e. The number of nitrogens with one attached hydrogen (secondary N) is 2. The minimum absolute atomic E-state index is 0.286. The van der Waals surface area contributed by atoms with Crippen molar-refractivity contribution < 1.29 is 14.3 Å². The summed E-state index contributed by atoms with van der Waals surface area (Å²) in [5.74, 6) is -0.501. The number of rotatable bonds is 1. The highest BCUT2D eigenvalue weighted by atomic mass is 16.6. The van der Waals surface area contributed by atoms with Crippen molar-refractivity contribution >= 4 is 17.7 Å². The normalized spacial score (nSPS) is 10.6. The number of benzene rings is 1. The number of hydrogen-bond donors (Lipinski definition) is 3. The maximum absolute atomic E-state index is 11.7. The highest BCUT2D eigenvalue weighted by Gasteiger charge is 2.17. The highest BCUT2D eigenvalue weighted by molar-refractivity contribution is 5.99. The van der Waals surface area contributed by atoms with E-state index >= 15 is 0 Å². The summed E-state index contributed by atoms with van der Waals surface area (Å²) in [5, 5.41) is 0. The molecule has 0 aliphatic heterocycles. The number of nitrogens with two attached hydrogens (primary N) is 1. The van der Waals surface area contributed by atoms with Crippen molar-refractivity contribution in [2.75, 3.05) is 5.73 Å². The molecule has 0 saturated heterocycles. The fourth-order valence-corrected chi connectivity index (χ4v) is 1.18. The topological polar surface area (TPSA) is 93.5 Å². The number of anilines is 1. The van der Waals surface area contributed by atoms with E-state index in [0.717, 1.165) is 0 Å². The lowest BCUT2D eigenvalue weighted by Gasteiger charge is -2.19. The van der Waals surface area contributed by atoms with Gasteiger partial charge in [-0.15, -0.1) is 0 Å². The van der Waals surface area contributed by atoms with Gasteiger partial charge in [-0.1, -0.05) is 12.1 Å². The monoisotopic (exact) mass is 251 g/mol. The van der Waals surface area contributed by atoms with Gasteiger partial charge in [-0.25, -0.2) is 10.2 Å². The quantitative estimate of drug-likeness (QED) is 0.520. The van der Waals surface area contributed by atoms with Crippen LogP contribution in [-0.2, 0) is 4.74 Å². The van der Waals surface area contributed by atoms with Gasteiger partial charge in [-0.3, -0.25) is 10.2 Å². The second-order valence-electron chi connectivity index (χ2n) is 4.67. The van der Waals surface area contributed by atoms with Gasteiger partial charge in [0.1, 0.15) is 5.60 Å². The molecule has 4 N–H and O–H groups in total. The Morgan fingerprint density at radius 1 is 1.17 bits per heavy atom. The van der Waals surface area contributed by atoms with Crippen molar-refractivity contribution in [3.05, 3.63) is 29.8 Å². The van der Waals surface area contributed by atoms with Crippen LogP contribution in [0.5, 0.6) is 0 Å². The molecule has 1 aromatic rings. The largest absolute Gasteiger partial charge is 0.443 e. The van der Waals surface area contributed by atoms with E-state index in [1.54, 1.807) is 45.0 Å². The summed E-state index contributed by atoms with van der Waals surface area (Å²) in [7, 11) is 0. The van der Waals surface area contributed by atoms with Crippen LogP contribution in [0.15, 0.2) is 24.3 Å². The Bertz CT molecular complexity index is 452. The van der Waals surface area contributed by atoms with E-state index in [-0.39, 0.29) is 5.56 Å². The molecule has 2 amide bonds. The zero-order valence-corrected chi connectivity index (χ0v) is 10.6. The first kappa shape index (κ1) is 13.8. The summed E-state index contributed by atoms with van der Waals surface area (Å²) >= 11 is 0. The molecule has 0 heterocycles. The van der Waals surface area contributed by atoms with Crippen LogP contribution in [0.4, 0.5) is 10.5 Å². The molecule has 0 spiro atoms. The summed E-state index contributed by atoms with van der Waals surface area (Å²) < 4.78 is 4.96. The molecule has 0 bridgehead atoms. The Balaban J connectivity index is 2.52. The van der Waals surface area contributed by atoms with Crippen LogP contribution in [-0.4, -0.2) is 17.6 Å². The van der Waals surface area contributed by atoms with Crippen LogP contribution in [0, 0.1) is 0 Å². The Morgan fingerprint density at radius 3 is 2.33 bits per heavy atom. The molecule has 98 valence electrons. The van der Waals surface area contributed by atoms with Crippen LogP contribution in [0.3, 0.4) is 0 Å². The summed E-state index contributed by atoms with van der Waals surface area (Å²) in [6.07, 6.45) is -0.731. The Kier molecular flexibility index (Phi) is 4.14. The van der Waals surface area contributed by atoms with E-state index in [1.807, 2.05) is 0 Å². The van der Waals surface area contributed by atoms with E-state index in [9.17, 15) is 9.59 Å². The zero-order chi connectivity index (χ0) is 13.8. The Labute approximate surface area is 105 Å². The average Bonchev–Trinajstić information content (AvgIpc) is 2.24. The van der Waals surface area contributed by atoms with Crippen LogP contribution in [0.1, 0.15) is 31.1 Å². The zero-order valence-electron chi connectivity index (χ0n) is 10.6. The minimum atomic E-state index is -0.731. The molecule has 0 aliphatic rings. The van der Waals surface area contributed by atoms with E-state index in [0.29, 0.717) is 5.69 Å². The molecule has 0 aliphatic carbocycles. The molecular weight excluding hydrogens is 234 g/mol. The van der Waals surface area contributed by atoms with Crippen LogP contribution < -0.4 is 16.6 Å². The molecule has 0 aromatic heterocycles. The first-order valence-corrected chi connectivity index (χ1v) is 5.43. The van der Waals surface area contributed by atoms with Crippen molar-refractivity contribution in [2.24, 2.45) is 0 Å². The second kappa shape index (κ2) is 5.39.